The minimum atomic E-state index is 0.238. The molecule has 2 aromatic carbocycles. The summed E-state index contributed by atoms with van der Waals surface area (Å²) in [6.45, 7) is 26.4. The maximum absolute atomic E-state index is 4.33. The van der Waals surface area contributed by atoms with Crippen molar-refractivity contribution >= 4 is 17.2 Å². The molecule has 0 amide bonds. The molecule has 2 rings (SSSR count). The smallest absolute Gasteiger partial charge is 0.000899 e. The van der Waals surface area contributed by atoms with Crippen molar-refractivity contribution < 1.29 is 0 Å². The van der Waals surface area contributed by atoms with Crippen LogP contribution in [0.5, 0.6) is 0 Å². The zero-order valence-corrected chi connectivity index (χ0v) is 28.2. The first-order valence-electron chi connectivity index (χ1n) is 16.3. The number of allylic oxidation sites excluding steroid dienone is 7. The third kappa shape index (κ3) is 11.7. The van der Waals surface area contributed by atoms with Crippen molar-refractivity contribution in [1.29, 1.82) is 0 Å². The lowest BCUT2D eigenvalue weighted by Crippen LogP contribution is -2.13. The summed E-state index contributed by atoms with van der Waals surface area (Å²) >= 11 is 0. The second-order valence-corrected chi connectivity index (χ2v) is 13.0. The molecule has 1 unspecified atom stereocenters. The van der Waals surface area contributed by atoms with Crippen molar-refractivity contribution in [2.75, 3.05) is 0 Å². The fourth-order valence-electron chi connectivity index (χ4n) is 5.69. The highest BCUT2D eigenvalue weighted by Crippen LogP contribution is 2.35. The minimum Gasteiger partial charge on any atom is -0.125 e. The lowest BCUT2D eigenvalue weighted by Gasteiger charge is -2.27. The van der Waals surface area contributed by atoms with Crippen LogP contribution in [0.25, 0.3) is 28.3 Å². The molecule has 0 radical (unpaired) electrons. The van der Waals surface area contributed by atoms with Gasteiger partial charge in [0.15, 0.2) is 0 Å². The van der Waals surface area contributed by atoms with E-state index in [0.29, 0.717) is 0 Å². The second kappa shape index (κ2) is 17.8. The van der Waals surface area contributed by atoms with Crippen LogP contribution in [0.2, 0.25) is 0 Å². The molecule has 0 bridgehead atoms. The van der Waals surface area contributed by atoms with Crippen molar-refractivity contribution in [3.8, 4) is 11.1 Å². The summed E-state index contributed by atoms with van der Waals surface area (Å²) in [5, 5.41) is 0. The van der Waals surface area contributed by atoms with E-state index in [-0.39, 0.29) is 5.41 Å². The number of benzene rings is 2. The molecular formula is C42H58. The van der Waals surface area contributed by atoms with E-state index < -0.39 is 0 Å². The van der Waals surface area contributed by atoms with Gasteiger partial charge in [-0.15, -0.1) is 5.73 Å². The van der Waals surface area contributed by atoms with Crippen LogP contribution in [0.4, 0.5) is 0 Å². The molecule has 0 aliphatic carbocycles. The van der Waals surface area contributed by atoms with Gasteiger partial charge in [-0.3, -0.25) is 0 Å². The van der Waals surface area contributed by atoms with E-state index in [9.17, 15) is 0 Å². The van der Waals surface area contributed by atoms with Gasteiger partial charge in [0.05, 0.1) is 0 Å². The quantitative estimate of drug-likeness (QED) is 0.133. The average Bonchev–Trinajstić information content (AvgIpc) is 2.95. The minimum absolute atomic E-state index is 0.238. The fraction of sp³-hybridized carbons (Fsp3) is 0.452. The first-order valence-corrected chi connectivity index (χ1v) is 16.3. The summed E-state index contributed by atoms with van der Waals surface area (Å²) in [4.78, 5) is 0. The van der Waals surface area contributed by atoms with Crippen LogP contribution in [0.15, 0.2) is 90.7 Å². The zero-order chi connectivity index (χ0) is 31.1. The Labute approximate surface area is 259 Å². The second-order valence-electron chi connectivity index (χ2n) is 13.0. The maximum Gasteiger partial charge on any atom is 0.000899 e. The molecule has 0 saturated carbocycles. The standard InChI is InChI=1S/C42H58/c1-11-14-27-42(10,28-15-17-32(4)5)29-26-39-24-25-40(31-41(39)33(6)7)38-22-20-37(21-23-38)36(13-3)19-18-35(9)30-34(8)16-12-2/h16,20-26,29-32H,3,6,11-12,14-15,17-19,27-28H2,1-2,4-5,7-10H3. The normalized spacial score (nSPS) is 13.8. The summed E-state index contributed by atoms with van der Waals surface area (Å²) in [5.74, 6) is 0.768. The Morgan fingerprint density at radius 1 is 0.929 bits per heavy atom. The van der Waals surface area contributed by atoms with Gasteiger partial charge in [0.25, 0.3) is 0 Å². The molecule has 0 fully saturated rings. The van der Waals surface area contributed by atoms with Crippen molar-refractivity contribution in [3.63, 3.8) is 0 Å². The lowest BCUT2D eigenvalue weighted by atomic mass is 9.78. The molecule has 226 valence electrons. The van der Waals surface area contributed by atoms with E-state index in [1.54, 1.807) is 0 Å². The first kappa shape index (κ1) is 35.1. The molecular weight excluding hydrogens is 504 g/mol. The Morgan fingerprint density at radius 2 is 1.60 bits per heavy atom. The van der Waals surface area contributed by atoms with Crippen molar-refractivity contribution in [2.45, 2.75) is 113 Å². The number of rotatable bonds is 17. The van der Waals surface area contributed by atoms with Gasteiger partial charge < -0.3 is 0 Å². The van der Waals surface area contributed by atoms with Gasteiger partial charge in [-0.1, -0.05) is 151 Å². The summed E-state index contributed by atoms with van der Waals surface area (Å²) in [6.07, 6.45) is 20.1. The van der Waals surface area contributed by atoms with Crippen molar-refractivity contribution in [3.05, 3.63) is 107 Å². The van der Waals surface area contributed by atoms with Crippen LogP contribution in [0.1, 0.15) is 130 Å². The van der Waals surface area contributed by atoms with Gasteiger partial charge in [0, 0.05) is 5.57 Å². The molecule has 0 spiro atoms. The van der Waals surface area contributed by atoms with Crippen LogP contribution in [-0.4, -0.2) is 0 Å². The largest absolute Gasteiger partial charge is 0.125 e. The SMILES string of the molecule is C=C=C(CCC(C)=CC(C)=CCC)c1ccc(-c2ccc(C=CC(C)(CCCC)CCCC(C)C)c(C(=C)C)c2)cc1. The fourth-order valence-corrected chi connectivity index (χ4v) is 5.69. The first-order chi connectivity index (χ1) is 20.0. The van der Waals surface area contributed by atoms with Crippen LogP contribution in [0.3, 0.4) is 0 Å². The molecule has 0 saturated heterocycles. The van der Waals surface area contributed by atoms with E-state index in [1.165, 1.54) is 83.1 Å². The van der Waals surface area contributed by atoms with Crippen LogP contribution >= 0.6 is 0 Å². The van der Waals surface area contributed by atoms with E-state index in [1.807, 2.05) is 0 Å². The van der Waals surface area contributed by atoms with Gasteiger partial charge in [-0.2, -0.15) is 0 Å². The Hall–Kier alpha value is -3.08. The van der Waals surface area contributed by atoms with E-state index in [4.69, 9.17) is 0 Å². The molecule has 0 aromatic heterocycles. The molecule has 42 heavy (non-hydrogen) atoms. The van der Waals surface area contributed by atoms with Gasteiger partial charge in [0.1, 0.15) is 0 Å². The van der Waals surface area contributed by atoms with E-state index in [0.717, 1.165) is 30.8 Å². The van der Waals surface area contributed by atoms with Crippen molar-refractivity contribution in [2.24, 2.45) is 11.3 Å². The predicted octanol–water partition coefficient (Wildman–Crippen LogP) is 13.7. The van der Waals surface area contributed by atoms with E-state index >= 15 is 0 Å². The number of hydrogen-bond acceptors (Lipinski definition) is 0. The van der Waals surface area contributed by atoms with Gasteiger partial charge in [0.2, 0.25) is 0 Å². The Kier molecular flexibility index (Phi) is 14.9. The van der Waals surface area contributed by atoms with Crippen LogP contribution in [-0.2, 0) is 0 Å². The average molecular weight is 563 g/mol. The van der Waals surface area contributed by atoms with Crippen LogP contribution < -0.4 is 0 Å². The highest BCUT2D eigenvalue weighted by atomic mass is 14.3. The highest BCUT2D eigenvalue weighted by Gasteiger charge is 2.20. The molecule has 2 aromatic rings. The van der Waals surface area contributed by atoms with Gasteiger partial charge >= 0.3 is 0 Å². The zero-order valence-electron chi connectivity index (χ0n) is 28.2. The summed E-state index contributed by atoms with van der Waals surface area (Å²) < 4.78 is 0. The predicted molar refractivity (Wildman–Crippen MR) is 192 cm³/mol. The lowest BCUT2D eigenvalue weighted by molar-refractivity contribution is 0.326. The topological polar surface area (TPSA) is 0 Å². The van der Waals surface area contributed by atoms with Gasteiger partial charge in [-0.25, -0.2) is 0 Å². The van der Waals surface area contributed by atoms with E-state index in [2.05, 4.69) is 141 Å². The molecule has 0 nitrogen and oxygen atoms in total. The molecule has 0 aliphatic heterocycles. The molecule has 1 atom stereocenters. The molecule has 0 heterocycles. The highest BCUT2D eigenvalue weighted by molar-refractivity contribution is 5.78. The van der Waals surface area contributed by atoms with Crippen molar-refractivity contribution in [1.82, 2.24) is 0 Å². The summed E-state index contributed by atoms with van der Waals surface area (Å²) in [7, 11) is 0. The third-order valence-corrected chi connectivity index (χ3v) is 8.36. The van der Waals surface area contributed by atoms with Crippen LogP contribution in [0, 0.1) is 11.3 Å². The molecule has 0 aliphatic rings. The molecule has 0 N–H and O–H groups in total. The summed E-state index contributed by atoms with van der Waals surface area (Å²) in [5.41, 5.74) is 14.6. The Bertz CT molecular complexity index is 1280. The number of hydrogen-bond donors (Lipinski definition) is 0. The Balaban J connectivity index is 2.25. The maximum atomic E-state index is 4.33. The Morgan fingerprint density at radius 3 is 2.19 bits per heavy atom. The number of unbranched alkanes of at least 4 members (excludes halogenated alkanes) is 1. The monoisotopic (exact) mass is 562 g/mol. The molecule has 0 heteroatoms. The third-order valence-electron chi connectivity index (χ3n) is 8.36. The summed E-state index contributed by atoms with van der Waals surface area (Å²) in [6, 6.07) is 15.7. The van der Waals surface area contributed by atoms with Gasteiger partial charge in [-0.05, 0) is 98.1 Å².